The van der Waals surface area contributed by atoms with Crippen LogP contribution in [-0.4, -0.2) is 30.1 Å². The lowest BCUT2D eigenvalue weighted by Crippen LogP contribution is -2.45. The maximum absolute atomic E-state index is 12.3. The number of piperidine rings is 1. The zero-order chi connectivity index (χ0) is 18.5. The summed E-state index contributed by atoms with van der Waals surface area (Å²) in [5.74, 6) is 0. The molecule has 0 unspecified atom stereocenters. The third-order valence-corrected chi connectivity index (χ3v) is 5.35. The molecule has 2 amide bonds. The SMILES string of the molecule is Cc1cccc(NC(=O)NC2CCN(Cc3ccc(Cl)cc3)CC2)c1C. The Balaban J connectivity index is 1.45. The Morgan fingerprint density at radius 1 is 1.12 bits per heavy atom. The van der Waals surface area contributed by atoms with E-state index in [4.69, 9.17) is 11.6 Å². The van der Waals surface area contributed by atoms with Gasteiger partial charge in [-0.2, -0.15) is 0 Å². The summed E-state index contributed by atoms with van der Waals surface area (Å²) in [5.41, 5.74) is 4.44. The van der Waals surface area contributed by atoms with Gasteiger partial charge in [-0.25, -0.2) is 4.79 Å². The smallest absolute Gasteiger partial charge is 0.319 e. The lowest BCUT2D eigenvalue weighted by atomic mass is 10.0. The van der Waals surface area contributed by atoms with Crippen LogP contribution >= 0.6 is 11.6 Å². The van der Waals surface area contributed by atoms with Crippen molar-refractivity contribution in [1.82, 2.24) is 10.2 Å². The number of hydrogen-bond donors (Lipinski definition) is 2. The second kappa shape index (κ2) is 8.56. The Labute approximate surface area is 160 Å². The van der Waals surface area contributed by atoms with Crippen LogP contribution in [0.2, 0.25) is 5.02 Å². The maximum atomic E-state index is 12.3. The van der Waals surface area contributed by atoms with E-state index in [1.807, 2.05) is 31.2 Å². The first kappa shape index (κ1) is 18.7. The molecule has 1 aliphatic rings. The van der Waals surface area contributed by atoms with E-state index in [2.05, 4.69) is 40.7 Å². The number of aryl methyl sites for hydroxylation is 1. The summed E-state index contributed by atoms with van der Waals surface area (Å²) in [6.45, 7) is 6.97. The molecule has 5 heteroatoms. The van der Waals surface area contributed by atoms with Gasteiger partial charge in [0, 0.05) is 36.4 Å². The fourth-order valence-electron chi connectivity index (χ4n) is 3.31. The van der Waals surface area contributed by atoms with Crippen LogP contribution in [0.4, 0.5) is 10.5 Å². The third-order valence-electron chi connectivity index (χ3n) is 5.10. The van der Waals surface area contributed by atoms with E-state index in [-0.39, 0.29) is 12.1 Å². The van der Waals surface area contributed by atoms with Crippen molar-refractivity contribution in [3.8, 4) is 0 Å². The van der Waals surface area contributed by atoms with Crippen LogP contribution in [0.3, 0.4) is 0 Å². The number of rotatable bonds is 4. The number of carbonyl (C=O) groups is 1. The molecule has 1 heterocycles. The van der Waals surface area contributed by atoms with E-state index in [9.17, 15) is 4.79 Å². The van der Waals surface area contributed by atoms with Gasteiger partial charge in [-0.1, -0.05) is 35.9 Å². The molecular formula is C21H26ClN3O. The molecule has 1 fully saturated rings. The molecule has 138 valence electrons. The van der Waals surface area contributed by atoms with Crippen molar-refractivity contribution in [2.24, 2.45) is 0 Å². The van der Waals surface area contributed by atoms with E-state index >= 15 is 0 Å². The van der Waals surface area contributed by atoms with E-state index in [1.54, 1.807) is 0 Å². The van der Waals surface area contributed by atoms with E-state index in [1.165, 1.54) is 11.1 Å². The van der Waals surface area contributed by atoms with Crippen molar-refractivity contribution in [2.75, 3.05) is 18.4 Å². The zero-order valence-electron chi connectivity index (χ0n) is 15.4. The number of likely N-dealkylation sites (tertiary alicyclic amines) is 1. The van der Waals surface area contributed by atoms with Crippen LogP contribution in [0.5, 0.6) is 0 Å². The standard InChI is InChI=1S/C21H26ClN3O/c1-15-4-3-5-20(16(15)2)24-21(26)23-19-10-12-25(13-11-19)14-17-6-8-18(22)9-7-17/h3-9,19H,10-14H2,1-2H3,(H2,23,24,26). The van der Waals surface area contributed by atoms with Crippen molar-refractivity contribution in [1.29, 1.82) is 0 Å². The van der Waals surface area contributed by atoms with Crippen molar-refractivity contribution >= 4 is 23.3 Å². The number of nitrogens with one attached hydrogen (secondary N) is 2. The number of hydrogen-bond acceptors (Lipinski definition) is 2. The summed E-state index contributed by atoms with van der Waals surface area (Å²) in [7, 11) is 0. The number of halogens is 1. The van der Waals surface area contributed by atoms with Crippen molar-refractivity contribution in [2.45, 2.75) is 39.3 Å². The second-order valence-electron chi connectivity index (χ2n) is 7.02. The van der Waals surface area contributed by atoms with Gasteiger partial charge in [0.1, 0.15) is 0 Å². The Kier molecular flexibility index (Phi) is 6.17. The molecule has 0 saturated carbocycles. The van der Waals surface area contributed by atoms with Crippen molar-refractivity contribution < 1.29 is 4.79 Å². The monoisotopic (exact) mass is 371 g/mol. The first-order valence-electron chi connectivity index (χ1n) is 9.12. The molecule has 0 spiro atoms. The van der Waals surface area contributed by atoms with Crippen LogP contribution < -0.4 is 10.6 Å². The normalized spacial score (nSPS) is 15.7. The summed E-state index contributed by atoms with van der Waals surface area (Å²) in [4.78, 5) is 14.7. The van der Waals surface area contributed by atoms with E-state index in [0.717, 1.165) is 48.7 Å². The summed E-state index contributed by atoms with van der Waals surface area (Å²) < 4.78 is 0. The minimum absolute atomic E-state index is 0.116. The number of carbonyl (C=O) groups excluding carboxylic acids is 1. The molecule has 1 saturated heterocycles. The predicted molar refractivity (Wildman–Crippen MR) is 108 cm³/mol. The molecule has 3 rings (SSSR count). The fourth-order valence-corrected chi connectivity index (χ4v) is 3.44. The summed E-state index contributed by atoms with van der Waals surface area (Å²) in [6, 6.07) is 14.1. The number of benzene rings is 2. The van der Waals surface area contributed by atoms with Crippen LogP contribution in [0.25, 0.3) is 0 Å². The molecule has 2 N–H and O–H groups in total. The molecule has 26 heavy (non-hydrogen) atoms. The van der Waals surface area contributed by atoms with Gasteiger partial charge in [0.2, 0.25) is 0 Å². The first-order valence-corrected chi connectivity index (χ1v) is 9.49. The molecule has 0 aliphatic carbocycles. The number of anilines is 1. The molecule has 4 nitrogen and oxygen atoms in total. The molecule has 0 aromatic heterocycles. The Bertz CT molecular complexity index is 752. The summed E-state index contributed by atoms with van der Waals surface area (Å²) in [6.07, 6.45) is 1.93. The van der Waals surface area contributed by atoms with Gasteiger partial charge in [0.05, 0.1) is 0 Å². The maximum Gasteiger partial charge on any atom is 0.319 e. The average Bonchev–Trinajstić information content (AvgIpc) is 2.62. The molecular weight excluding hydrogens is 346 g/mol. The highest BCUT2D eigenvalue weighted by molar-refractivity contribution is 6.30. The van der Waals surface area contributed by atoms with Gasteiger partial charge in [-0.3, -0.25) is 4.90 Å². The highest BCUT2D eigenvalue weighted by atomic mass is 35.5. The van der Waals surface area contributed by atoms with Gasteiger partial charge in [-0.05, 0) is 61.6 Å². The number of urea groups is 1. The Morgan fingerprint density at radius 2 is 1.81 bits per heavy atom. The highest BCUT2D eigenvalue weighted by Gasteiger charge is 2.21. The lowest BCUT2D eigenvalue weighted by molar-refractivity contribution is 0.190. The van der Waals surface area contributed by atoms with Crippen LogP contribution in [0.15, 0.2) is 42.5 Å². The van der Waals surface area contributed by atoms with E-state index in [0.29, 0.717) is 0 Å². The van der Waals surface area contributed by atoms with Gasteiger partial charge in [0.25, 0.3) is 0 Å². The Hall–Kier alpha value is -2.04. The minimum atomic E-state index is -0.116. The Morgan fingerprint density at radius 3 is 2.50 bits per heavy atom. The van der Waals surface area contributed by atoms with Gasteiger partial charge in [-0.15, -0.1) is 0 Å². The van der Waals surface area contributed by atoms with Gasteiger partial charge >= 0.3 is 6.03 Å². The summed E-state index contributed by atoms with van der Waals surface area (Å²) >= 11 is 5.94. The zero-order valence-corrected chi connectivity index (χ0v) is 16.1. The second-order valence-corrected chi connectivity index (χ2v) is 7.46. The van der Waals surface area contributed by atoms with Crippen LogP contribution in [-0.2, 0) is 6.54 Å². The molecule has 0 bridgehead atoms. The van der Waals surface area contributed by atoms with Crippen molar-refractivity contribution in [3.63, 3.8) is 0 Å². The first-order chi connectivity index (χ1) is 12.5. The third kappa shape index (κ3) is 4.99. The highest BCUT2D eigenvalue weighted by Crippen LogP contribution is 2.19. The predicted octanol–water partition coefficient (Wildman–Crippen LogP) is 4.74. The van der Waals surface area contributed by atoms with Gasteiger partial charge < -0.3 is 10.6 Å². The average molecular weight is 372 g/mol. The van der Waals surface area contributed by atoms with Gasteiger partial charge in [0.15, 0.2) is 0 Å². The molecule has 0 atom stereocenters. The molecule has 2 aromatic carbocycles. The summed E-state index contributed by atoms with van der Waals surface area (Å²) in [5, 5.41) is 6.86. The number of nitrogens with zero attached hydrogens (tertiary/aromatic N) is 1. The van der Waals surface area contributed by atoms with Crippen molar-refractivity contribution in [3.05, 3.63) is 64.2 Å². The van der Waals surface area contributed by atoms with Crippen LogP contribution in [0, 0.1) is 13.8 Å². The number of amides is 2. The quantitative estimate of drug-likeness (QED) is 0.815. The minimum Gasteiger partial charge on any atom is -0.335 e. The largest absolute Gasteiger partial charge is 0.335 e. The molecule has 0 radical (unpaired) electrons. The lowest BCUT2D eigenvalue weighted by Gasteiger charge is -2.32. The fraction of sp³-hybridized carbons (Fsp3) is 0.381. The topological polar surface area (TPSA) is 44.4 Å². The molecule has 1 aliphatic heterocycles. The van der Waals surface area contributed by atoms with Crippen LogP contribution in [0.1, 0.15) is 29.5 Å². The molecule has 2 aromatic rings. The van der Waals surface area contributed by atoms with E-state index < -0.39 is 0 Å².